The molecule has 0 amide bonds. The molecule has 13 heavy (non-hydrogen) atoms. The van der Waals surface area contributed by atoms with Gasteiger partial charge in [-0.05, 0) is 11.1 Å². The largest absolute Gasteiger partial charge is 0.392 e. The lowest BCUT2D eigenvalue weighted by Crippen LogP contribution is -1.94. The Morgan fingerprint density at radius 3 is 2.85 bits per heavy atom. The molecule has 1 aromatic rings. The molecule has 0 heterocycles. The number of rotatable bonds is 4. The maximum atomic E-state index is 8.86. The van der Waals surface area contributed by atoms with Crippen LogP contribution in [0.3, 0.4) is 0 Å². The first kappa shape index (κ1) is 9.79. The van der Waals surface area contributed by atoms with E-state index in [4.69, 9.17) is 16.3 Å². The van der Waals surface area contributed by atoms with Crippen molar-refractivity contribution in [2.24, 2.45) is 0 Å². The SMILES string of the molecule is C#CCOCc1cccc(CO)c1. The Labute approximate surface area is 78.2 Å². The maximum Gasteiger partial charge on any atom is 0.107 e. The van der Waals surface area contributed by atoms with Crippen LogP contribution >= 0.6 is 0 Å². The molecule has 1 N–H and O–H groups in total. The predicted octanol–water partition coefficient (Wildman–Crippen LogP) is 1.33. The predicted molar refractivity (Wildman–Crippen MR) is 50.9 cm³/mol. The molecule has 1 rings (SSSR count). The first-order valence-corrected chi connectivity index (χ1v) is 4.06. The van der Waals surface area contributed by atoms with Gasteiger partial charge in [-0.2, -0.15) is 0 Å². The Kier molecular flexibility index (Phi) is 4.04. The normalized spacial score (nSPS) is 9.54. The second-order valence-electron chi connectivity index (χ2n) is 2.67. The van der Waals surface area contributed by atoms with Crippen molar-refractivity contribution >= 4 is 0 Å². The molecule has 0 unspecified atom stereocenters. The first-order chi connectivity index (χ1) is 6.36. The van der Waals surface area contributed by atoms with Crippen LogP contribution < -0.4 is 0 Å². The topological polar surface area (TPSA) is 29.5 Å². The van der Waals surface area contributed by atoms with Gasteiger partial charge in [-0.3, -0.25) is 0 Å². The molecule has 0 fully saturated rings. The van der Waals surface area contributed by atoms with Crippen LogP contribution in [-0.4, -0.2) is 11.7 Å². The van der Waals surface area contributed by atoms with Crippen molar-refractivity contribution in [3.63, 3.8) is 0 Å². The fraction of sp³-hybridized carbons (Fsp3) is 0.273. The second-order valence-corrected chi connectivity index (χ2v) is 2.67. The number of benzene rings is 1. The van der Waals surface area contributed by atoms with Gasteiger partial charge < -0.3 is 9.84 Å². The van der Waals surface area contributed by atoms with Crippen LogP contribution in [0.2, 0.25) is 0 Å². The highest BCUT2D eigenvalue weighted by molar-refractivity contribution is 5.22. The summed E-state index contributed by atoms with van der Waals surface area (Å²) in [6.45, 7) is 0.879. The van der Waals surface area contributed by atoms with Crippen molar-refractivity contribution in [2.75, 3.05) is 6.61 Å². The van der Waals surface area contributed by atoms with E-state index in [2.05, 4.69) is 5.92 Å². The molecule has 0 saturated heterocycles. The van der Waals surface area contributed by atoms with Gasteiger partial charge in [0.05, 0.1) is 13.2 Å². The van der Waals surface area contributed by atoms with Gasteiger partial charge in [-0.1, -0.05) is 30.2 Å². The van der Waals surface area contributed by atoms with E-state index in [-0.39, 0.29) is 6.61 Å². The zero-order chi connectivity index (χ0) is 9.52. The van der Waals surface area contributed by atoms with E-state index < -0.39 is 0 Å². The Hall–Kier alpha value is -1.30. The van der Waals surface area contributed by atoms with E-state index in [1.54, 1.807) is 0 Å². The van der Waals surface area contributed by atoms with Crippen LogP contribution in [0, 0.1) is 12.3 Å². The summed E-state index contributed by atoms with van der Waals surface area (Å²) < 4.78 is 5.15. The molecular formula is C11H12O2. The standard InChI is InChI=1S/C11H12O2/c1-2-6-13-9-11-5-3-4-10(7-11)8-12/h1,3-5,7,12H,6,8-9H2. The van der Waals surface area contributed by atoms with Gasteiger partial charge >= 0.3 is 0 Å². The highest BCUT2D eigenvalue weighted by Crippen LogP contribution is 2.06. The first-order valence-electron chi connectivity index (χ1n) is 4.06. The third-order valence-corrected chi connectivity index (χ3v) is 1.63. The van der Waals surface area contributed by atoms with Gasteiger partial charge in [0.2, 0.25) is 0 Å². The summed E-state index contributed by atoms with van der Waals surface area (Å²) in [4.78, 5) is 0. The van der Waals surface area contributed by atoms with E-state index >= 15 is 0 Å². The number of ether oxygens (including phenoxy) is 1. The lowest BCUT2D eigenvalue weighted by atomic mass is 10.1. The lowest BCUT2D eigenvalue weighted by Gasteiger charge is -2.02. The fourth-order valence-corrected chi connectivity index (χ4v) is 1.05. The van der Waals surface area contributed by atoms with Gasteiger partial charge in [0.1, 0.15) is 6.61 Å². The highest BCUT2D eigenvalue weighted by atomic mass is 16.5. The molecule has 0 bridgehead atoms. The van der Waals surface area contributed by atoms with Crippen molar-refractivity contribution in [3.8, 4) is 12.3 Å². The minimum atomic E-state index is 0.0585. The Balaban J connectivity index is 2.52. The highest BCUT2D eigenvalue weighted by Gasteiger charge is 1.94. The van der Waals surface area contributed by atoms with E-state index in [1.807, 2.05) is 24.3 Å². The van der Waals surface area contributed by atoms with Crippen LogP contribution in [-0.2, 0) is 18.0 Å². The molecule has 0 radical (unpaired) electrons. The monoisotopic (exact) mass is 176 g/mol. The summed E-state index contributed by atoms with van der Waals surface area (Å²) in [7, 11) is 0. The van der Waals surface area contributed by atoms with Gasteiger partial charge in [0, 0.05) is 0 Å². The molecule has 0 atom stereocenters. The van der Waals surface area contributed by atoms with E-state index in [1.165, 1.54) is 0 Å². The molecule has 68 valence electrons. The molecule has 0 spiro atoms. The van der Waals surface area contributed by atoms with Crippen LogP contribution in [0.1, 0.15) is 11.1 Å². The zero-order valence-electron chi connectivity index (χ0n) is 7.36. The minimum absolute atomic E-state index is 0.0585. The zero-order valence-corrected chi connectivity index (χ0v) is 7.36. The van der Waals surface area contributed by atoms with Gasteiger partial charge in [0.25, 0.3) is 0 Å². The summed E-state index contributed by atoms with van der Waals surface area (Å²) in [6.07, 6.45) is 5.03. The average Bonchev–Trinajstić information content (AvgIpc) is 2.19. The summed E-state index contributed by atoms with van der Waals surface area (Å²) in [5.41, 5.74) is 1.92. The number of terminal acetylenes is 1. The molecule has 0 aliphatic rings. The molecule has 0 aliphatic heterocycles. The van der Waals surface area contributed by atoms with Crippen molar-refractivity contribution < 1.29 is 9.84 Å². The smallest absolute Gasteiger partial charge is 0.107 e. The fourth-order valence-electron chi connectivity index (χ4n) is 1.05. The summed E-state index contributed by atoms with van der Waals surface area (Å²) >= 11 is 0. The van der Waals surface area contributed by atoms with Gasteiger partial charge in [-0.15, -0.1) is 6.42 Å². The van der Waals surface area contributed by atoms with Gasteiger partial charge in [-0.25, -0.2) is 0 Å². The molecule has 1 aromatic carbocycles. The molecular weight excluding hydrogens is 164 g/mol. The Bertz CT molecular complexity index is 299. The molecule has 0 aliphatic carbocycles. The van der Waals surface area contributed by atoms with Crippen molar-refractivity contribution in [3.05, 3.63) is 35.4 Å². The Morgan fingerprint density at radius 1 is 1.38 bits per heavy atom. The van der Waals surface area contributed by atoms with Crippen LogP contribution in [0.15, 0.2) is 24.3 Å². The number of aliphatic hydroxyl groups excluding tert-OH is 1. The number of hydrogen-bond acceptors (Lipinski definition) is 2. The van der Waals surface area contributed by atoms with Crippen molar-refractivity contribution in [1.82, 2.24) is 0 Å². The van der Waals surface area contributed by atoms with Crippen LogP contribution in [0.25, 0.3) is 0 Å². The third-order valence-electron chi connectivity index (χ3n) is 1.63. The van der Waals surface area contributed by atoms with E-state index in [0.717, 1.165) is 11.1 Å². The van der Waals surface area contributed by atoms with E-state index in [9.17, 15) is 0 Å². The maximum absolute atomic E-state index is 8.86. The number of hydrogen-bond donors (Lipinski definition) is 1. The number of aliphatic hydroxyl groups is 1. The van der Waals surface area contributed by atoms with Crippen molar-refractivity contribution in [1.29, 1.82) is 0 Å². The summed E-state index contributed by atoms with van der Waals surface area (Å²) in [6, 6.07) is 7.59. The van der Waals surface area contributed by atoms with Crippen LogP contribution in [0.4, 0.5) is 0 Å². The second kappa shape index (κ2) is 5.36. The molecule has 2 nitrogen and oxygen atoms in total. The quantitative estimate of drug-likeness (QED) is 0.554. The average molecular weight is 176 g/mol. The minimum Gasteiger partial charge on any atom is -0.392 e. The van der Waals surface area contributed by atoms with Gasteiger partial charge in [0.15, 0.2) is 0 Å². The Morgan fingerprint density at radius 2 is 2.15 bits per heavy atom. The summed E-state index contributed by atoms with van der Waals surface area (Å²) in [5.74, 6) is 2.39. The van der Waals surface area contributed by atoms with Crippen LogP contribution in [0.5, 0.6) is 0 Å². The van der Waals surface area contributed by atoms with E-state index in [0.29, 0.717) is 13.2 Å². The molecule has 2 heteroatoms. The molecule has 0 aromatic heterocycles. The lowest BCUT2D eigenvalue weighted by molar-refractivity contribution is 0.153. The van der Waals surface area contributed by atoms with Crippen molar-refractivity contribution in [2.45, 2.75) is 13.2 Å². The third kappa shape index (κ3) is 3.29. The molecule has 0 saturated carbocycles. The summed E-state index contributed by atoms with van der Waals surface area (Å²) in [5, 5.41) is 8.86.